The Hall–Kier alpha value is -2.82. The largest absolute Gasteiger partial charge is 0.494 e. The molecule has 0 spiro atoms. The highest BCUT2D eigenvalue weighted by Gasteiger charge is 2.22. The van der Waals surface area contributed by atoms with Crippen molar-refractivity contribution in [2.75, 3.05) is 31.6 Å². The highest BCUT2D eigenvalue weighted by atomic mass is 16.5. The number of benzene rings is 2. The molecule has 3 rings (SSSR count). The maximum atomic E-state index is 12.6. The van der Waals surface area contributed by atoms with Crippen LogP contribution in [0.2, 0.25) is 0 Å². The second-order valence-electron chi connectivity index (χ2n) is 6.44. The number of carbonyl (C=O) groups excluding carboxylic acids is 2. The summed E-state index contributed by atoms with van der Waals surface area (Å²) in [5, 5.41) is 0. The Kier molecular flexibility index (Phi) is 5.89. The number of carbonyl (C=O) groups is 2. The van der Waals surface area contributed by atoms with Crippen molar-refractivity contribution in [1.82, 2.24) is 4.90 Å². The Bertz CT molecular complexity index is 761. The molecule has 2 aromatic carbocycles. The summed E-state index contributed by atoms with van der Waals surface area (Å²) in [5.41, 5.74) is 1.41. The van der Waals surface area contributed by atoms with Crippen molar-refractivity contribution in [2.24, 2.45) is 0 Å². The molecule has 1 fully saturated rings. The third kappa shape index (κ3) is 4.42. The van der Waals surface area contributed by atoms with Crippen molar-refractivity contribution in [3.05, 3.63) is 60.2 Å². The van der Waals surface area contributed by atoms with Gasteiger partial charge in [-0.15, -0.1) is 0 Å². The predicted molar refractivity (Wildman–Crippen MR) is 102 cm³/mol. The standard InChI is InChI=1S/C21H24N2O3/c1-22(13-7-15-26-19-10-3-2-4-11-19)21(25)17-8-5-9-18(16-17)23-14-6-12-20(23)24/h2-5,8-11,16H,6-7,12-15H2,1H3. The highest BCUT2D eigenvalue weighted by Crippen LogP contribution is 2.22. The van der Waals surface area contributed by atoms with Gasteiger partial charge in [0.05, 0.1) is 6.61 Å². The lowest BCUT2D eigenvalue weighted by atomic mass is 10.1. The van der Waals surface area contributed by atoms with Crippen molar-refractivity contribution in [2.45, 2.75) is 19.3 Å². The molecular weight excluding hydrogens is 328 g/mol. The average Bonchev–Trinajstić information content (AvgIpc) is 3.11. The minimum Gasteiger partial charge on any atom is -0.494 e. The minimum atomic E-state index is -0.0433. The number of nitrogens with zero attached hydrogens (tertiary/aromatic N) is 2. The van der Waals surface area contributed by atoms with Crippen LogP contribution in [0.1, 0.15) is 29.6 Å². The fraction of sp³-hybridized carbons (Fsp3) is 0.333. The molecule has 1 saturated heterocycles. The topological polar surface area (TPSA) is 49.9 Å². The van der Waals surface area contributed by atoms with Crippen LogP contribution in [0.5, 0.6) is 5.75 Å². The van der Waals surface area contributed by atoms with Gasteiger partial charge >= 0.3 is 0 Å². The average molecular weight is 352 g/mol. The molecule has 26 heavy (non-hydrogen) atoms. The van der Waals surface area contributed by atoms with E-state index in [4.69, 9.17) is 4.74 Å². The monoisotopic (exact) mass is 352 g/mol. The molecule has 0 aliphatic carbocycles. The summed E-state index contributed by atoms with van der Waals surface area (Å²) in [4.78, 5) is 28.0. The van der Waals surface area contributed by atoms with E-state index in [-0.39, 0.29) is 11.8 Å². The number of amides is 2. The molecule has 0 N–H and O–H groups in total. The lowest BCUT2D eigenvalue weighted by Crippen LogP contribution is -2.29. The maximum absolute atomic E-state index is 12.6. The zero-order chi connectivity index (χ0) is 18.4. The molecule has 5 nitrogen and oxygen atoms in total. The van der Waals surface area contributed by atoms with Crippen molar-refractivity contribution in [3.8, 4) is 5.75 Å². The van der Waals surface area contributed by atoms with Gasteiger partial charge in [0.1, 0.15) is 5.75 Å². The smallest absolute Gasteiger partial charge is 0.253 e. The van der Waals surface area contributed by atoms with Crippen LogP contribution in [0.25, 0.3) is 0 Å². The molecule has 1 heterocycles. The van der Waals surface area contributed by atoms with E-state index < -0.39 is 0 Å². The van der Waals surface area contributed by atoms with Gasteiger partial charge in [0.2, 0.25) is 5.91 Å². The molecule has 0 radical (unpaired) electrons. The van der Waals surface area contributed by atoms with Gasteiger partial charge in [0.15, 0.2) is 0 Å². The maximum Gasteiger partial charge on any atom is 0.253 e. The third-order valence-corrected chi connectivity index (χ3v) is 4.47. The van der Waals surface area contributed by atoms with Gasteiger partial charge < -0.3 is 14.5 Å². The summed E-state index contributed by atoms with van der Waals surface area (Å²) in [6.07, 6.45) is 2.21. The lowest BCUT2D eigenvalue weighted by Gasteiger charge is -2.20. The first-order valence-electron chi connectivity index (χ1n) is 8.99. The molecule has 2 amide bonds. The molecule has 1 aliphatic heterocycles. The molecule has 0 aromatic heterocycles. The van der Waals surface area contributed by atoms with E-state index in [1.807, 2.05) is 48.5 Å². The van der Waals surface area contributed by atoms with E-state index in [1.54, 1.807) is 22.9 Å². The number of anilines is 1. The Balaban J connectivity index is 1.52. The van der Waals surface area contributed by atoms with Gasteiger partial charge in [-0.2, -0.15) is 0 Å². The van der Waals surface area contributed by atoms with Crippen LogP contribution >= 0.6 is 0 Å². The molecule has 1 aliphatic rings. The van der Waals surface area contributed by atoms with E-state index >= 15 is 0 Å². The van der Waals surface area contributed by atoms with Crippen LogP contribution < -0.4 is 9.64 Å². The zero-order valence-corrected chi connectivity index (χ0v) is 15.1. The number of ether oxygens (including phenoxy) is 1. The summed E-state index contributed by atoms with van der Waals surface area (Å²) in [7, 11) is 1.79. The van der Waals surface area contributed by atoms with E-state index in [9.17, 15) is 9.59 Å². The lowest BCUT2D eigenvalue weighted by molar-refractivity contribution is -0.117. The van der Waals surface area contributed by atoms with Gasteiger partial charge in [-0.05, 0) is 43.2 Å². The molecule has 0 bridgehead atoms. The fourth-order valence-corrected chi connectivity index (χ4v) is 3.06. The number of hydrogen-bond donors (Lipinski definition) is 0. The molecule has 2 aromatic rings. The molecular formula is C21H24N2O3. The minimum absolute atomic E-state index is 0.0433. The summed E-state index contributed by atoms with van der Waals surface area (Å²) in [5.74, 6) is 0.920. The van der Waals surface area contributed by atoms with Crippen molar-refractivity contribution >= 4 is 17.5 Å². The van der Waals surface area contributed by atoms with Crippen LogP contribution in [-0.2, 0) is 4.79 Å². The summed E-state index contributed by atoms with van der Waals surface area (Å²) in [6, 6.07) is 17.0. The van der Waals surface area contributed by atoms with Gasteiger partial charge in [-0.25, -0.2) is 0 Å². The summed E-state index contributed by atoms with van der Waals surface area (Å²) in [6.45, 7) is 1.89. The van der Waals surface area contributed by atoms with Crippen LogP contribution in [0.3, 0.4) is 0 Å². The van der Waals surface area contributed by atoms with Crippen molar-refractivity contribution < 1.29 is 14.3 Å². The van der Waals surface area contributed by atoms with Gasteiger partial charge in [-0.1, -0.05) is 24.3 Å². The number of rotatable bonds is 7. The second kappa shape index (κ2) is 8.52. The molecule has 5 heteroatoms. The number of hydrogen-bond acceptors (Lipinski definition) is 3. The van der Waals surface area contributed by atoms with Crippen LogP contribution in [0.4, 0.5) is 5.69 Å². The molecule has 136 valence electrons. The molecule has 0 saturated carbocycles. The second-order valence-corrected chi connectivity index (χ2v) is 6.44. The Labute approximate surface area is 154 Å². The van der Waals surface area contributed by atoms with Gasteiger partial charge in [0, 0.05) is 37.8 Å². The predicted octanol–water partition coefficient (Wildman–Crippen LogP) is 3.35. The van der Waals surface area contributed by atoms with Crippen molar-refractivity contribution in [3.63, 3.8) is 0 Å². The first kappa shape index (κ1) is 18.0. The quantitative estimate of drug-likeness (QED) is 0.718. The summed E-state index contributed by atoms with van der Waals surface area (Å²) >= 11 is 0. The highest BCUT2D eigenvalue weighted by molar-refractivity contribution is 5.99. The number of para-hydroxylation sites is 1. The Morgan fingerprint density at radius 2 is 1.96 bits per heavy atom. The summed E-state index contributed by atoms with van der Waals surface area (Å²) < 4.78 is 5.66. The Morgan fingerprint density at radius 3 is 2.69 bits per heavy atom. The van der Waals surface area contributed by atoms with Crippen LogP contribution in [0, 0.1) is 0 Å². The van der Waals surface area contributed by atoms with E-state index in [0.717, 1.165) is 30.8 Å². The van der Waals surface area contributed by atoms with Crippen LogP contribution in [-0.4, -0.2) is 43.5 Å². The first-order chi connectivity index (χ1) is 12.6. The van der Waals surface area contributed by atoms with Crippen LogP contribution in [0.15, 0.2) is 54.6 Å². The van der Waals surface area contributed by atoms with Gasteiger partial charge in [-0.3, -0.25) is 9.59 Å². The third-order valence-electron chi connectivity index (χ3n) is 4.47. The van der Waals surface area contributed by atoms with E-state index in [0.29, 0.717) is 25.1 Å². The Morgan fingerprint density at radius 1 is 1.15 bits per heavy atom. The normalized spacial score (nSPS) is 13.7. The SMILES string of the molecule is CN(CCCOc1ccccc1)C(=O)c1cccc(N2CCCC2=O)c1. The zero-order valence-electron chi connectivity index (χ0n) is 15.1. The van der Waals surface area contributed by atoms with E-state index in [1.165, 1.54) is 0 Å². The van der Waals surface area contributed by atoms with Gasteiger partial charge in [0.25, 0.3) is 5.91 Å². The fourth-order valence-electron chi connectivity index (χ4n) is 3.06. The first-order valence-corrected chi connectivity index (χ1v) is 8.99. The van der Waals surface area contributed by atoms with E-state index in [2.05, 4.69) is 0 Å². The van der Waals surface area contributed by atoms with Crippen molar-refractivity contribution in [1.29, 1.82) is 0 Å². The molecule has 0 atom stereocenters. The molecule has 0 unspecified atom stereocenters.